The van der Waals surface area contributed by atoms with Crippen LogP contribution in [0.15, 0.2) is 22.7 Å². The van der Waals surface area contributed by atoms with E-state index in [0.29, 0.717) is 18.3 Å². The Morgan fingerprint density at radius 1 is 1.35 bits per heavy atom. The average Bonchev–Trinajstić information content (AvgIpc) is 2.88. The number of aryl methyl sites for hydroxylation is 1. The van der Waals surface area contributed by atoms with Crippen molar-refractivity contribution in [2.75, 3.05) is 26.2 Å². The number of hydrogen-bond donors (Lipinski definition) is 1. The van der Waals surface area contributed by atoms with E-state index in [4.69, 9.17) is 4.52 Å². The van der Waals surface area contributed by atoms with Gasteiger partial charge in [-0.3, -0.25) is 4.90 Å². The number of rotatable bonds is 3. The Balaban J connectivity index is 1.75. The van der Waals surface area contributed by atoms with Gasteiger partial charge in [-0.1, -0.05) is 5.16 Å². The van der Waals surface area contributed by atoms with Gasteiger partial charge in [0.05, 0.1) is 6.54 Å². The molecule has 1 aromatic carbocycles. The maximum atomic E-state index is 13.1. The van der Waals surface area contributed by atoms with Gasteiger partial charge in [-0.15, -0.1) is 0 Å². The molecule has 5 nitrogen and oxygen atoms in total. The van der Waals surface area contributed by atoms with Gasteiger partial charge in [-0.05, 0) is 30.7 Å². The van der Waals surface area contributed by atoms with Crippen LogP contribution in [0, 0.1) is 12.7 Å². The van der Waals surface area contributed by atoms with E-state index in [1.165, 1.54) is 12.1 Å². The SMILES string of the molecule is Cc1cc(F)ccc1-c1noc(CN2CCNCC2)n1. The maximum Gasteiger partial charge on any atom is 0.241 e. The first-order valence-corrected chi connectivity index (χ1v) is 6.74. The van der Waals surface area contributed by atoms with Crippen LogP contribution in [0.1, 0.15) is 11.5 Å². The Kier molecular flexibility index (Phi) is 3.75. The van der Waals surface area contributed by atoms with Crippen LogP contribution in [-0.4, -0.2) is 41.2 Å². The minimum Gasteiger partial charge on any atom is -0.338 e. The number of piperazine rings is 1. The van der Waals surface area contributed by atoms with E-state index in [0.717, 1.165) is 37.3 Å². The minimum atomic E-state index is -0.254. The van der Waals surface area contributed by atoms with Crippen molar-refractivity contribution in [2.24, 2.45) is 0 Å². The van der Waals surface area contributed by atoms with Crippen LogP contribution in [0.3, 0.4) is 0 Å². The fraction of sp³-hybridized carbons (Fsp3) is 0.429. The second-order valence-electron chi connectivity index (χ2n) is 5.00. The largest absolute Gasteiger partial charge is 0.338 e. The van der Waals surface area contributed by atoms with E-state index in [1.807, 2.05) is 6.92 Å². The van der Waals surface area contributed by atoms with E-state index >= 15 is 0 Å². The van der Waals surface area contributed by atoms with Crippen molar-refractivity contribution in [1.82, 2.24) is 20.4 Å². The quantitative estimate of drug-likeness (QED) is 0.922. The van der Waals surface area contributed by atoms with Crippen molar-refractivity contribution >= 4 is 0 Å². The molecule has 0 spiro atoms. The molecule has 0 aliphatic carbocycles. The molecule has 0 saturated carbocycles. The molecule has 0 amide bonds. The first kappa shape index (κ1) is 13.2. The second kappa shape index (κ2) is 5.68. The summed E-state index contributed by atoms with van der Waals surface area (Å²) in [7, 11) is 0. The molecule has 1 N–H and O–H groups in total. The number of hydrogen-bond acceptors (Lipinski definition) is 5. The Labute approximate surface area is 116 Å². The Morgan fingerprint density at radius 2 is 2.15 bits per heavy atom. The summed E-state index contributed by atoms with van der Waals surface area (Å²) in [6.07, 6.45) is 0. The van der Waals surface area contributed by atoms with Gasteiger partial charge in [-0.2, -0.15) is 4.98 Å². The van der Waals surface area contributed by atoms with Gasteiger partial charge in [0, 0.05) is 31.7 Å². The fourth-order valence-corrected chi connectivity index (χ4v) is 2.37. The third kappa shape index (κ3) is 2.86. The first-order valence-electron chi connectivity index (χ1n) is 6.74. The van der Waals surface area contributed by atoms with Crippen LogP contribution in [0.4, 0.5) is 4.39 Å². The van der Waals surface area contributed by atoms with Crippen molar-refractivity contribution in [3.05, 3.63) is 35.5 Å². The van der Waals surface area contributed by atoms with Crippen LogP contribution in [0.2, 0.25) is 0 Å². The normalized spacial score (nSPS) is 16.5. The highest BCUT2D eigenvalue weighted by molar-refractivity contribution is 5.59. The van der Waals surface area contributed by atoms with Crippen molar-refractivity contribution in [3.8, 4) is 11.4 Å². The molecular weight excluding hydrogens is 259 g/mol. The van der Waals surface area contributed by atoms with Crippen molar-refractivity contribution in [2.45, 2.75) is 13.5 Å². The molecular formula is C14H17FN4O. The van der Waals surface area contributed by atoms with E-state index in [1.54, 1.807) is 6.07 Å². The second-order valence-corrected chi connectivity index (χ2v) is 5.00. The summed E-state index contributed by atoms with van der Waals surface area (Å²) in [6.45, 7) is 6.43. The molecule has 6 heteroatoms. The summed E-state index contributed by atoms with van der Waals surface area (Å²) in [5.74, 6) is 0.869. The molecule has 0 radical (unpaired) electrons. The molecule has 0 unspecified atom stereocenters. The number of benzene rings is 1. The summed E-state index contributed by atoms with van der Waals surface area (Å²) < 4.78 is 18.4. The number of nitrogens with zero attached hydrogens (tertiary/aromatic N) is 3. The Bertz CT molecular complexity index is 593. The summed E-state index contributed by atoms with van der Waals surface area (Å²) in [4.78, 5) is 6.67. The zero-order valence-electron chi connectivity index (χ0n) is 11.4. The first-order chi connectivity index (χ1) is 9.72. The summed E-state index contributed by atoms with van der Waals surface area (Å²) in [5.41, 5.74) is 1.61. The Hall–Kier alpha value is -1.79. The lowest BCUT2D eigenvalue weighted by Crippen LogP contribution is -2.42. The topological polar surface area (TPSA) is 54.2 Å². The van der Waals surface area contributed by atoms with Crippen LogP contribution < -0.4 is 5.32 Å². The minimum absolute atomic E-state index is 0.254. The maximum absolute atomic E-state index is 13.1. The monoisotopic (exact) mass is 276 g/mol. The predicted octanol–water partition coefficient (Wildman–Crippen LogP) is 1.59. The molecule has 1 fully saturated rings. The van der Waals surface area contributed by atoms with Crippen molar-refractivity contribution < 1.29 is 8.91 Å². The molecule has 1 aromatic heterocycles. The van der Waals surface area contributed by atoms with Gasteiger partial charge in [0.25, 0.3) is 0 Å². The third-order valence-electron chi connectivity index (χ3n) is 3.47. The van der Waals surface area contributed by atoms with Gasteiger partial charge < -0.3 is 9.84 Å². The van der Waals surface area contributed by atoms with Gasteiger partial charge in [-0.25, -0.2) is 4.39 Å². The zero-order valence-corrected chi connectivity index (χ0v) is 11.4. The molecule has 2 aromatic rings. The highest BCUT2D eigenvalue weighted by Crippen LogP contribution is 2.21. The van der Waals surface area contributed by atoms with Gasteiger partial charge >= 0.3 is 0 Å². The molecule has 0 bridgehead atoms. The number of nitrogens with one attached hydrogen (secondary N) is 1. The molecule has 2 heterocycles. The standard InChI is InChI=1S/C14H17FN4O/c1-10-8-11(15)2-3-12(10)14-17-13(20-18-14)9-19-6-4-16-5-7-19/h2-3,8,16H,4-7,9H2,1H3. The lowest BCUT2D eigenvalue weighted by atomic mass is 10.1. The van der Waals surface area contributed by atoms with Crippen molar-refractivity contribution in [3.63, 3.8) is 0 Å². The number of halogens is 1. The average molecular weight is 276 g/mol. The van der Waals surface area contributed by atoms with Gasteiger partial charge in [0.2, 0.25) is 11.7 Å². The highest BCUT2D eigenvalue weighted by Gasteiger charge is 2.16. The van der Waals surface area contributed by atoms with E-state index in [-0.39, 0.29) is 5.82 Å². The van der Waals surface area contributed by atoms with Crippen LogP contribution >= 0.6 is 0 Å². The Morgan fingerprint density at radius 3 is 2.90 bits per heavy atom. The smallest absolute Gasteiger partial charge is 0.241 e. The van der Waals surface area contributed by atoms with Gasteiger partial charge in [0.1, 0.15) is 5.82 Å². The van der Waals surface area contributed by atoms with Crippen LogP contribution in [-0.2, 0) is 6.54 Å². The van der Waals surface area contributed by atoms with Crippen LogP contribution in [0.5, 0.6) is 0 Å². The van der Waals surface area contributed by atoms with E-state index in [9.17, 15) is 4.39 Å². The lowest BCUT2D eigenvalue weighted by molar-refractivity contribution is 0.203. The zero-order chi connectivity index (χ0) is 13.9. The predicted molar refractivity (Wildman–Crippen MR) is 72.6 cm³/mol. The van der Waals surface area contributed by atoms with E-state index < -0.39 is 0 Å². The number of aromatic nitrogens is 2. The highest BCUT2D eigenvalue weighted by atomic mass is 19.1. The van der Waals surface area contributed by atoms with Crippen LogP contribution in [0.25, 0.3) is 11.4 Å². The molecule has 1 saturated heterocycles. The molecule has 20 heavy (non-hydrogen) atoms. The summed E-state index contributed by atoms with van der Waals surface area (Å²) >= 11 is 0. The molecule has 0 atom stereocenters. The van der Waals surface area contributed by atoms with Gasteiger partial charge in [0.15, 0.2) is 0 Å². The lowest BCUT2D eigenvalue weighted by Gasteiger charge is -2.25. The van der Waals surface area contributed by atoms with Crippen molar-refractivity contribution in [1.29, 1.82) is 0 Å². The molecule has 1 aliphatic rings. The molecule has 106 valence electrons. The fourth-order valence-electron chi connectivity index (χ4n) is 2.37. The summed E-state index contributed by atoms with van der Waals surface area (Å²) in [6, 6.07) is 4.57. The molecule has 1 aliphatic heterocycles. The van der Waals surface area contributed by atoms with E-state index in [2.05, 4.69) is 20.4 Å². The molecule has 3 rings (SSSR count). The third-order valence-corrected chi connectivity index (χ3v) is 3.47. The summed E-state index contributed by atoms with van der Waals surface area (Å²) in [5, 5.41) is 7.29.